The third-order valence-corrected chi connectivity index (χ3v) is 1.40. The van der Waals surface area contributed by atoms with Crippen molar-refractivity contribution in [2.24, 2.45) is 0 Å². The van der Waals surface area contributed by atoms with E-state index >= 15 is 0 Å². The predicted molar refractivity (Wildman–Crippen MR) is 45.1 cm³/mol. The van der Waals surface area contributed by atoms with Crippen molar-refractivity contribution in [1.82, 2.24) is 9.97 Å². The average Bonchev–Trinajstić information content (AvgIpc) is 2.04. The fourth-order valence-corrected chi connectivity index (χ4v) is 0.839. The predicted octanol–water partition coefficient (Wildman–Crippen LogP) is 0.132. The fraction of sp³-hybridized carbons (Fsp3) is 0.143. The first kappa shape index (κ1) is 8.75. The first-order valence-corrected chi connectivity index (χ1v) is 3.38. The van der Waals surface area contributed by atoms with Gasteiger partial charge >= 0.3 is 0 Å². The van der Waals surface area contributed by atoms with Crippen molar-refractivity contribution < 1.29 is 0 Å². The Morgan fingerprint density at radius 1 is 1.38 bits per heavy atom. The van der Waals surface area contributed by atoms with Gasteiger partial charge in [-0.15, -0.1) is 0 Å². The molecule has 0 aromatic carbocycles. The van der Waals surface area contributed by atoms with Crippen molar-refractivity contribution in [2.45, 2.75) is 6.92 Å². The minimum absolute atomic E-state index is 0.0766. The molecule has 0 aliphatic rings. The van der Waals surface area contributed by atoms with Gasteiger partial charge in [-0.3, -0.25) is 5.32 Å². The molecular weight excluding hydrogens is 168 g/mol. The van der Waals surface area contributed by atoms with E-state index in [1.807, 2.05) is 6.07 Å². The zero-order valence-electron chi connectivity index (χ0n) is 6.87. The van der Waals surface area contributed by atoms with Crippen LogP contribution in [0.4, 0.5) is 11.8 Å². The summed E-state index contributed by atoms with van der Waals surface area (Å²) in [7, 11) is 0. The van der Waals surface area contributed by atoms with Crippen LogP contribution in [-0.2, 0) is 0 Å². The number of nitrogens with zero attached hydrogens (tertiary/aromatic N) is 4. The van der Waals surface area contributed by atoms with Gasteiger partial charge in [-0.1, -0.05) is 0 Å². The van der Waals surface area contributed by atoms with Gasteiger partial charge in [0.05, 0.1) is 5.69 Å². The highest BCUT2D eigenvalue weighted by Crippen LogP contribution is 2.13. The number of hydrogen-bond donors (Lipinski definition) is 2. The first-order valence-electron chi connectivity index (χ1n) is 3.38. The summed E-state index contributed by atoms with van der Waals surface area (Å²) in [5, 5.41) is 19.1. The molecule has 0 bridgehead atoms. The van der Waals surface area contributed by atoms with E-state index in [2.05, 4.69) is 15.3 Å². The molecule has 0 unspecified atom stereocenters. The van der Waals surface area contributed by atoms with Gasteiger partial charge in [0.1, 0.15) is 17.5 Å². The molecule has 0 saturated heterocycles. The third-order valence-electron chi connectivity index (χ3n) is 1.40. The number of nitrogens with two attached hydrogens (primary N) is 1. The topological polar surface area (TPSA) is 111 Å². The van der Waals surface area contributed by atoms with Crippen LogP contribution in [0.2, 0.25) is 0 Å². The minimum atomic E-state index is 0.0766. The Balaban J connectivity index is 3.24. The zero-order valence-corrected chi connectivity index (χ0v) is 6.87. The molecule has 0 atom stereocenters. The molecule has 0 spiro atoms. The van der Waals surface area contributed by atoms with Gasteiger partial charge < -0.3 is 5.73 Å². The average molecular weight is 174 g/mol. The minimum Gasteiger partial charge on any atom is -0.382 e. The van der Waals surface area contributed by atoms with Gasteiger partial charge in [-0.2, -0.15) is 15.5 Å². The second kappa shape index (κ2) is 3.37. The van der Waals surface area contributed by atoms with Gasteiger partial charge in [0.25, 0.3) is 0 Å². The molecule has 1 rings (SSSR count). The highest BCUT2D eigenvalue weighted by Gasteiger charge is 2.07. The third kappa shape index (κ3) is 1.63. The summed E-state index contributed by atoms with van der Waals surface area (Å²) in [6.45, 7) is 1.62. The van der Waals surface area contributed by atoms with E-state index in [-0.39, 0.29) is 17.3 Å². The largest absolute Gasteiger partial charge is 0.382 e. The monoisotopic (exact) mass is 174 g/mol. The van der Waals surface area contributed by atoms with Crippen LogP contribution in [0.25, 0.3) is 0 Å². The van der Waals surface area contributed by atoms with Crippen LogP contribution in [-0.4, -0.2) is 9.97 Å². The molecule has 1 aromatic rings. The number of nitrogens with one attached hydrogen (secondary N) is 1. The van der Waals surface area contributed by atoms with E-state index in [0.29, 0.717) is 5.69 Å². The summed E-state index contributed by atoms with van der Waals surface area (Å²) in [5.74, 6) is 0.184. The molecule has 0 fully saturated rings. The summed E-state index contributed by atoms with van der Waals surface area (Å²) in [6, 6.07) is 1.87. The van der Waals surface area contributed by atoms with E-state index in [1.165, 1.54) is 0 Å². The molecule has 0 aliphatic carbocycles. The zero-order chi connectivity index (χ0) is 9.84. The summed E-state index contributed by atoms with van der Waals surface area (Å²) >= 11 is 0. The number of hydrogen-bond acceptors (Lipinski definition) is 6. The van der Waals surface area contributed by atoms with Gasteiger partial charge in [0.2, 0.25) is 5.95 Å². The maximum absolute atomic E-state index is 8.62. The van der Waals surface area contributed by atoms with Crippen molar-refractivity contribution in [3.8, 4) is 12.3 Å². The van der Waals surface area contributed by atoms with Crippen LogP contribution < -0.4 is 11.1 Å². The fourth-order valence-electron chi connectivity index (χ4n) is 0.839. The molecule has 0 aliphatic heterocycles. The second-order valence-corrected chi connectivity index (χ2v) is 2.24. The second-order valence-electron chi connectivity index (χ2n) is 2.24. The smallest absolute Gasteiger partial charge is 0.238 e. The summed E-state index contributed by atoms with van der Waals surface area (Å²) in [5.41, 5.74) is 6.13. The van der Waals surface area contributed by atoms with Crippen molar-refractivity contribution in [1.29, 1.82) is 10.5 Å². The van der Waals surface area contributed by atoms with Crippen LogP contribution >= 0.6 is 0 Å². The molecule has 64 valence electrons. The number of nitriles is 2. The van der Waals surface area contributed by atoms with E-state index in [0.717, 1.165) is 0 Å². The van der Waals surface area contributed by atoms with Crippen molar-refractivity contribution >= 4 is 11.8 Å². The molecule has 6 nitrogen and oxygen atoms in total. The Morgan fingerprint density at radius 3 is 2.54 bits per heavy atom. The van der Waals surface area contributed by atoms with Gasteiger partial charge in [0.15, 0.2) is 6.19 Å². The summed E-state index contributed by atoms with van der Waals surface area (Å²) < 4.78 is 0. The van der Waals surface area contributed by atoms with Crippen LogP contribution in [0, 0.1) is 29.7 Å². The molecule has 1 heterocycles. The quantitative estimate of drug-likeness (QED) is 0.462. The highest BCUT2D eigenvalue weighted by molar-refractivity contribution is 5.54. The Labute approximate surface area is 74.6 Å². The van der Waals surface area contributed by atoms with Crippen molar-refractivity contribution in [3.05, 3.63) is 11.3 Å². The Bertz CT molecular complexity index is 387. The summed E-state index contributed by atoms with van der Waals surface area (Å²) in [6.07, 6.45) is 1.66. The number of aryl methyl sites for hydroxylation is 1. The molecule has 3 N–H and O–H groups in total. The lowest BCUT2D eigenvalue weighted by Gasteiger charge is -2.02. The molecule has 0 saturated carbocycles. The number of nitrogen functional groups attached to an aromatic ring is 1. The van der Waals surface area contributed by atoms with Crippen LogP contribution in [0.15, 0.2) is 0 Å². The lowest BCUT2D eigenvalue weighted by molar-refractivity contribution is 1.10. The number of rotatable bonds is 1. The molecule has 0 radical (unpaired) electrons. The van der Waals surface area contributed by atoms with Crippen molar-refractivity contribution in [3.63, 3.8) is 0 Å². The van der Waals surface area contributed by atoms with Gasteiger partial charge in [-0.05, 0) is 6.92 Å². The SMILES string of the molecule is Cc1nc(NC#N)nc(N)c1C#N. The number of anilines is 2. The molecule has 13 heavy (non-hydrogen) atoms. The van der Waals surface area contributed by atoms with Crippen LogP contribution in [0.3, 0.4) is 0 Å². The Morgan fingerprint density at radius 2 is 2.08 bits per heavy atom. The lowest BCUT2D eigenvalue weighted by atomic mass is 10.2. The van der Waals surface area contributed by atoms with E-state index in [4.69, 9.17) is 16.3 Å². The van der Waals surface area contributed by atoms with Crippen molar-refractivity contribution in [2.75, 3.05) is 11.1 Å². The van der Waals surface area contributed by atoms with E-state index < -0.39 is 0 Å². The van der Waals surface area contributed by atoms with Gasteiger partial charge in [-0.25, -0.2) is 4.98 Å². The standard InChI is InChI=1S/C7H6N6/c1-4-5(2-8)6(10)13-7(12-4)11-3-9/h1H3,(H3,10,11,12,13). The van der Waals surface area contributed by atoms with Crippen LogP contribution in [0.5, 0.6) is 0 Å². The molecule has 6 heteroatoms. The normalized spacial score (nSPS) is 8.54. The Hall–Kier alpha value is -2.34. The van der Waals surface area contributed by atoms with Crippen LogP contribution in [0.1, 0.15) is 11.3 Å². The maximum Gasteiger partial charge on any atom is 0.238 e. The maximum atomic E-state index is 8.62. The van der Waals surface area contributed by atoms with E-state index in [1.54, 1.807) is 13.1 Å². The molecule has 0 amide bonds. The lowest BCUT2D eigenvalue weighted by Crippen LogP contribution is -2.04. The Kier molecular flexibility index (Phi) is 2.27. The van der Waals surface area contributed by atoms with E-state index in [9.17, 15) is 0 Å². The summed E-state index contributed by atoms with van der Waals surface area (Å²) in [4.78, 5) is 7.55. The molecule has 1 aromatic heterocycles. The first-order chi connectivity index (χ1) is 6.19. The number of aromatic nitrogens is 2. The molecular formula is C7H6N6. The van der Waals surface area contributed by atoms with Gasteiger partial charge in [0, 0.05) is 0 Å². The highest BCUT2D eigenvalue weighted by atomic mass is 15.1.